The third kappa shape index (κ3) is 3.81. The maximum absolute atomic E-state index is 12.2. The van der Waals surface area contributed by atoms with E-state index in [1.807, 2.05) is 31.2 Å². The molecule has 0 saturated heterocycles. The third-order valence-electron chi connectivity index (χ3n) is 5.67. The molecule has 3 atom stereocenters. The van der Waals surface area contributed by atoms with Crippen LogP contribution in [0.4, 0.5) is 5.69 Å². The molecular formula is C21H24N4O4. The van der Waals surface area contributed by atoms with Crippen molar-refractivity contribution in [2.45, 2.75) is 50.9 Å². The number of aromatic amines is 1. The Balaban J connectivity index is 1.45. The number of nitro groups is 1. The standard InChI is InChI=1S/C21H24N4O4/c1-13(8-9-14-4-2-5-15(12-14)25(28)29)22-18-10-11-24-19-16(20(18)26)6-3-7-17(19)23-21(24)27/h2-7,12-13,18,20,22,26H,8-11H2,1H3,(H,23,27). The highest BCUT2D eigenvalue weighted by Gasteiger charge is 2.29. The van der Waals surface area contributed by atoms with Gasteiger partial charge in [0.15, 0.2) is 0 Å². The van der Waals surface area contributed by atoms with Crippen molar-refractivity contribution in [3.8, 4) is 0 Å². The minimum Gasteiger partial charge on any atom is -0.387 e. The molecule has 4 rings (SSSR count). The van der Waals surface area contributed by atoms with Crippen LogP contribution in [0.25, 0.3) is 11.0 Å². The second kappa shape index (κ2) is 7.81. The lowest BCUT2D eigenvalue weighted by Gasteiger charge is -2.26. The Morgan fingerprint density at radius 3 is 2.93 bits per heavy atom. The van der Waals surface area contributed by atoms with Gasteiger partial charge in [-0.05, 0) is 37.8 Å². The van der Waals surface area contributed by atoms with Crippen LogP contribution in [0, 0.1) is 10.1 Å². The fraction of sp³-hybridized carbons (Fsp3) is 0.381. The van der Waals surface area contributed by atoms with Gasteiger partial charge in [0, 0.05) is 36.3 Å². The van der Waals surface area contributed by atoms with E-state index in [9.17, 15) is 20.0 Å². The molecule has 8 nitrogen and oxygen atoms in total. The molecule has 8 heteroatoms. The number of nitrogens with one attached hydrogen (secondary N) is 2. The van der Waals surface area contributed by atoms with Gasteiger partial charge in [-0.15, -0.1) is 0 Å². The van der Waals surface area contributed by atoms with Crippen molar-refractivity contribution in [3.05, 3.63) is 74.2 Å². The first-order valence-electron chi connectivity index (χ1n) is 9.83. The number of para-hydroxylation sites is 1. The molecule has 29 heavy (non-hydrogen) atoms. The van der Waals surface area contributed by atoms with Crippen molar-refractivity contribution in [1.29, 1.82) is 0 Å². The number of rotatable bonds is 6. The highest BCUT2D eigenvalue weighted by atomic mass is 16.6. The summed E-state index contributed by atoms with van der Waals surface area (Å²) < 4.78 is 1.70. The number of aliphatic hydroxyl groups excluding tert-OH is 1. The van der Waals surface area contributed by atoms with Crippen molar-refractivity contribution in [2.24, 2.45) is 0 Å². The van der Waals surface area contributed by atoms with Crippen molar-refractivity contribution in [3.63, 3.8) is 0 Å². The van der Waals surface area contributed by atoms with Gasteiger partial charge in [-0.3, -0.25) is 14.7 Å². The maximum Gasteiger partial charge on any atom is 0.326 e. The van der Waals surface area contributed by atoms with Gasteiger partial charge in [0.25, 0.3) is 5.69 Å². The molecule has 3 aromatic rings. The highest BCUT2D eigenvalue weighted by molar-refractivity contribution is 5.79. The summed E-state index contributed by atoms with van der Waals surface area (Å²) in [6, 6.07) is 12.2. The monoisotopic (exact) mass is 396 g/mol. The molecule has 1 aromatic heterocycles. The number of nitro benzene ring substituents is 1. The van der Waals surface area contributed by atoms with Crippen LogP contribution < -0.4 is 11.0 Å². The molecule has 2 heterocycles. The van der Waals surface area contributed by atoms with Crippen LogP contribution in [0.1, 0.15) is 37.0 Å². The molecule has 0 amide bonds. The number of imidazole rings is 1. The number of aromatic nitrogens is 2. The van der Waals surface area contributed by atoms with Crippen LogP contribution in [0.3, 0.4) is 0 Å². The number of H-pyrrole nitrogens is 1. The van der Waals surface area contributed by atoms with Crippen molar-refractivity contribution >= 4 is 16.7 Å². The molecule has 1 aliphatic rings. The van der Waals surface area contributed by atoms with Crippen LogP contribution in [-0.2, 0) is 13.0 Å². The predicted octanol–water partition coefficient (Wildman–Crippen LogP) is 2.65. The molecule has 0 fully saturated rings. The summed E-state index contributed by atoms with van der Waals surface area (Å²) in [6.07, 6.45) is 1.39. The van der Waals surface area contributed by atoms with Gasteiger partial charge in [0.05, 0.1) is 22.1 Å². The molecule has 3 unspecified atom stereocenters. The molecule has 0 spiro atoms. The minimum absolute atomic E-state index is 0.0996. The van der Waals surface area contributed by atoms with E-state index in [4.69, 9.17) is 0 Å². The van der Waals surface area contributed by atoms with E-state index in [1.54, 1.807) is 16.7 Å². The van der Waals surface area contributed by atoms with E-state index >= 15 is 0 Å². The second-order valence-corrected chi connectivity index (χ2v) is 7.70. The number of nitrogens with zero attached hydrogens (tertiary/aromatic N) is 2. The fourth-order valence-electron chi connectivity index (χ4n) is 4.17. The summed E-state index contributed by atoms with van der Waals surface area (Å²) in [5.41, 5.74) is 3.13. The molecule has 0 radical (unpaired) electrons. The predicted molar refractivity (Wildman–Crippen MR) is 110 cm³/mol. The molecule has 2 aromatic carbocycles. The van der Waals surface area contributed by atoms with Gasteiger partial charge in [0.1, 0.15) is 0 Å². The maximum atomic E-state index is 12.2. The summed E-state index contributed by atoms with van der Waals surface area (Å²) in [5, 5.41) is 25.4. The van der Waals surface area contributed by atoms with Gasteiger partial charge in [-0.2, -0.15) is 0 Å². The Hall–Kier alpha value is -2.97. The number of hydrogen-bond acceptors (Lipinski definition) is 5. The van der Waals surface area contributed by atoms with Gasteiger partial charge in [-0.1, -0.05) is 24.3 Å². The zero-order valence-electron chi connectivity index (χ0n) is 16.2. The highest BCUT2D eigenvalue weighted by Crippen LogP contribution is 2.30. The summed E-state index contributed by atoms with van der Waals surface area (Å²) in [6.45, 7) is 2.57. The summed E-state index contributed by atoms with van der Waals surface area (Å²) >= 11 is 0. The quantitative estimate of drug-likeness (QED) is 0.438. The van der Waals surface area contributed by atoms with Gasteiger partial charge >= 0.3 is 5.69 Å². The smallest absolute Gasteiger partial charge is 0.326 e. The van der Waals surface area contributed by atoms with E-state index in [1.165, 1.54) is 6.07 Å². The van der Waals surface area contributed by atoms with E-state index in [0.29, 0.717) is 19.4 Å². The van der Waals surface area contributed by atoms with Gasteiger partial charge < -0.3 is 15.4 Å². The fourth-order valence-corrected chi connectivity index (χ4v) is 4.17. The van der Waals surface area contributed by atoms with E-state index in [0.717, 1.165) is 28.6 Å². The first-order chi connectivity index (χ1) is 13.9. The lowest BCUT2D eigenvalue weighted by molar-refractivity contribution is -0.384. The number of hydrogen-bond donors (Lipinski definition) is 3. The van der Waals surface area contributed by atoms with Crippen molar-refractivity contribution < 1.29 is 10.0 Å². The van der Waals surface area contributed by atoms with E-state index in [-0.39, 0.29) is 28.4 Å². The molecular weight excluding hydrogens is 372 g/mol. The number of aliphatic hydroxyl groups is 1. The first kappa shape index (κ1) is 19.4. The summed E-state index contributed by atoms with van der Waals surface area (Å²) in [7, 11) is 0. The Bertz CT molecular complexity index is 1100. The van der Waals surface area contributed by atoms with E-state index < -0.39 is 6.10 Å². The Kier molecular flexibility index (Phi) is 5.21. The molecule has 152 valence electrons. The van der Waals surface area contributed by atoms with Crippen LogP contribution in [-0.4, -0.2) is 31.7 Å². The van der Waals surface area contributed by atoms with Gasteiger partial charge in [-0.25, -0.2) is 4.79 Å². The van der Waals surface area contributed by atoms with Crippen LogP contribution in [0.15, 0.2) is 47.3 Å². The minimum atomic E-state index is -0.720. The van der Waals surface area contributed by atoms with Crippen molar-refractivity contribution in [2.75, 3.05) is 0 Å². The molecule has 0 saturated carbocycles. The van der Waals surface area contributed by atoms with Crippen LogP contribution in [0.5, 0.6) is 0 Å². The SMILES string of the molecule is CC(CCc1cccc([N+](=O)[O-])c1)NC1CCn2c(=O)[nH]c3cccc(c32)C1O. The first-order valence-corrected chi connectivity index (χ1v) is 9.83. The molecule has 1 aliphatic heterocycles. The number of non-ortho nitro benzene ring substituents is 1. The largest absolute Gasteiger partial charge is 0.387 e. The lowest BCUT2D eigenvalue weighted by atomic mass is 9.98. The summed E-state index contributed by atoms with van der Waals surface area (Å²) in [5.74, 6) is 0. The lowest BCUT2D eigenvalue weighted by Crippen LogP contribution is -2.41. The van der Waals surface area contributed by atoms with Crippen molar-refractivity contribution in [1.82, 2.24) is 14.9 Å². The van der Waals surface area contributed by atoms with Gasteiger partial charge in [0.2, 0.25) is 0 Å². The number of aryl methyl sites for hydroxylation is 2. The average molecular weight is 396 g/mol. The molecule has 3 N–H and O–H groups in total. The summed E-state index contributed by atoms with van der Waals surface area (Å²) in [4.78, 5) is 25.6. The third-order valence-corrected chi connectivity index (χ3v) is 5.67. The van der Waals surface area contributed by atoms with Crippen LogP contribution >= 0.6 is 0 Å². The molecule has 0 aliphatic carbocycles. The average Bonchev–Trinajstić information content (AvgIpc) is 2.96. The van der Waals surface area contributed by atoms with Crippen LogP contribution in [0.2, 0.25) is 0 Å². The number of benzene rings is 2. The second-order valence-electron chi connectivity index (χ2n) is 7.70. The zero-order chi connectivity index (χ0) is 20.5. The Morgan fingerprint density at radius 1 is 1.34 bits per heavy atom. The Labute approximate surface area is 167 Å². The topological polar surface area (TPSA) is 113 Å². The molecule has 0 bridgehead atoms. The zero-order valence-corrected chi connectivity index (χ0v) is 16.2. The van der Waals surface area contributed by atoms with E-state index in [2.05, 4.69) is 10.3 Å². The normalized spacial score (nSPS) is 19.8. The Morgan fingerprint density at radius 2 is 2.14 bits per heavy atom.